The van der Waals surface area contributed by atoms with Crippen molar-refractivity contribution in [3.05, 3.63) is 89.2 Å². The molecule has 4 aromatic rings. The highest BCUT2D eigenvalue weighted by atomic mass is 35.5. The van der Waals surface area contributed by atoms with Crippen LogP contribution in [0.5, 0.6) is 0 Å². The van der Waals surface area contributed by atoms with Crippen molar-refractivity contribution in [2.24, 2.45) is 0 Å². The van der Waals surface area contributed by atoms with Gasteiger partial charge < -0.3 is 9.66 Å². The van der Waals surface area contributed by atoms with E-state index in [0.717, 1.165) is 33.1 Å². The molecule has 0 aliphatic heterocycles. The predicted octanol–water partition coefficient (Wildman–Crippen LogP) is 6.95. The summed E-state index contributed by atoms with van der Waals surface area (Å²) in [6, 6.07) is 21.7. The van der Waals surface area contributed by atoms with E-state index in [1.807, 2.05) is 65.4 Å². The maximum absolute atomic E-state index is 11.9. The third-order valence-electron chi connectivity index (χ3n) is 5.86. The summed E-state index contributed by atoms with van der Waals surface area (Å²) < 4.78 is 13.9. The van der Waals surface area contributed by atoms with Crippen molar-refractivity contribution in [3.8, 4) is 28.2 Å². The summed E-state index contributed by atoms with van der Waals surface area (Å²) in [5.41, 5.74) is 4.31. The van der Waals surface area contributed by atoms with Crippen LogP contribution in [0.25, 0.3) is 28.2 Å². The third kappa shape index (κ3) is 4.93. The topological polar surface area (TPSA) is 61.1 Å². The van der Waals surface area contributed by atoms with E-state index in [4.69, 9.17) is 16.6 Å². The first-order chi connectivity index (χ1) is 16.1. The van der Waals surface area contributed by atoms with Crippen LogP contribution in [0.1, 0.15) is 44.9 Å². The summed E-state index contributed by atoms with van der Waals surface area (Å²) in [6.07, 6.45) is 3.53. The van der Waals surface area contributed by atoms with E-state index in [1.165, 1.54) is 5.56 Å². The molecule has 6 heteroatoms. The maximum Gasteiger partial charge on any atom is 0.153 e. The minimum absolute atomic E-state index is 0.307. The molecule has 1 atom stereocenters. The molecule has 0 radical (unpaired) electrons. The number of hydrogen-bond donors (Lipinski definition) is 1. The van der Waals surface area contributed by atoms with Crippen molar-refractivity contribution < 1.29 is 9.66 Å². The standard InChI is InChI=1S/C28H29ClN2O2S/c1-18(2)22-11-6-7-12-23(22)27-30-26(28(3,4)32)17-31(27)25-14-13-20(16-24(25)29)19-9-8-10-21(15-19)34(5)33/h6-18,32H,1-5H3. The predicted molar refractivity (Wildman–Crippen MR) is 141 cm³/mol. The number of nitrogens with zero attached hydrogens (tertiary/aromatic N) is 2. The molecule has 4 nitrogen and oxygen atoms in total. The highest BCUT2D eigenvalue weighted by molar-refractivity contribution is 7.90. The summed E-state index contributed by atoms with van der Waals surface area (Å²) in [5, 5.41) is 11.3. The molecule has 3 aromatic carbocycles. The second-order valence-corrected chi connectivity index (χ2v) is 11.1. The van der Waals surface area contributed by atoms with Crippen LogP contribution in [0.4, 0.5) is 0 Å². The van der Waals surface area contributed by atoms with Crippen LogP contribution < -0.4 is 0 Å². The molecule has 1 aromatic heterocycles. The first-order valence-electron chi connectivity index (χ1n) is 11.2. The summed E-state index contributed by atoms with van der Waals surface area (Å²) >= 11 is 5.77. The van der Waals surface area contributed by atoms with Crippen LogP contribution in [0, 0.1) is 0 Å². The molecule has 0 saturated heterocycles. The Balaban J connectivity index is 1.87. The van der Waals surface area contributed by atoms with Crippen molar-refractivity contribution in [1.29, 1.82) is 0 Å². The van der Waals surface area contributed by atoms with Crippen molar-refractivity contribution in [3.63, 3.8) is 0 Å². The molecule has 0 bridgehead atoms. The van der Waals surface area contributed by atoms with Crippen molar-refractivity contribution in [1.82, 2.24) is 9.55 Å². The van der Waals surface area contributed by atoms with Crippen LogP contribution in [-0.2, 0) is 16.8 Å². The average Bonchev–Trinajstić information content (AvgIpc) is 3.24. The van der Waals surface area contributed by atoms with Crippen LogP contribution in [0.15, 0.2) is 77.8 Å². The Morgan fingerprint density at radius 3 is 2.35 bits per heavy atom. The Morgan fingerprint density at radius 1 is 1.00 bits per heavy atom. The lowest BCUT2D eigenvalue weighted by molar-refractivity contribution is 0.0743. The Labute approximate surface area is 209 Å². The monoisotopic (exact) mass is 492 g/mol. The Bertz CT molecular complexity index is 1320. The molecule has 0 saturated carbocycles. The molecule has 0 spiro atoms. The Morgan fingerprint density at radius 2 is 1.71 bits per heavy atom. The van der Waals surface area contributed by atoms with Gasteiger partial charge in [0.05, 0.1) is 16.4 Å². The van der Waals surface area contributed by atoms with Crippen molar-refractivity contribution in [2.45, 2.75) is 44.1 Å². The minimum atomic E-state index is -1.10. The van der Waals surface area contributed by atoms with Gasteiger partial charge in [0.2, 0.25) is 0 Å². The van der Waals surface area contributed by atoms with E-state index in [-0.39, 0.29) is 0 Å². The molecule has 4 rings (SSSR count). The minimum Gasteiger partial charge on any atom is -0.612 e. The van der Waals surface area contributed by atoms with Gasteiger partial charge in [-0.15, -0.1) is 0 Å². The molecule has 0 aliphatic carbocycles. The zero-order valence-electron chi connectivity index (χ0n) is 20.0. The van der Waals surface area contributed by atoms with E-state index >= 15 is 0 Å². The summed E-state index contributed by atoms with van der Waals surface area (Å²) in [6.45, 7) is 7.77. The first-order valence-corrected chi connectivity index (χ1v) is 13.1. The van der Waals surface area contributed by atoms with Gasteiger partial charge in [-0.1, -0.05) is 67.9 Å². The lowest BCUT2D eigenvalue weighted by atomic mass is 9.96. The van der Waals surface area contributed by atoms with Gasteiger partial charge in [0, 0.05) is 17.8 Å². The molecule has 34 heavy (non-hydrogen) atoms. The summed E-state index contributed by atoms with van der Waals surface area (Å²) in [7, 11) is 0. The van der Waals surface area contributed by atoms with Gasteiger partial charge in [0.25, 0.3) is 0 Å². The van der Waals surface area contributed by atoms with Crippen LogP contribution in [0.3, 0.4) is 0 Å². The number of aromatic nitrogens is 2. The molecule has 0 fully saturated rings. The quantitative estimate of drug-likeness (QED) is 0.296. The van der Waals surface area contributed by atoms with E-state index in [1.54, 1.807) is 20.1 Å². The van der Waals surface area contributed by atoms with E-state index in [0.29, 0.717) is 16.6 Å². The van der Waals surface area contributed by atoms with E-state index in [9.17, 15) is 9.66 Å². The molecule has 1 N–H and O–H groups in total. The molecule has 176 valence electrons. The Hall–Kier alpha value is -2.57. The molecule has 0 amide bonds. The van der Waals surface area contributed by atoms with Gasteiger partial charge in [-0.25, -0.2) is 4.98 Å². The molecule has 1 unspecified atom stereocenters. The Kier molecular flexibility index (Phi) is 6.92. The fourth-order valence-corrected chi connectivity index (χ4v) is 4.82. The zero-order valence-corrected chi connectivity index (χ0v) is 21.6. The third-order valence-corrected chi connectivity index (χ3v) is 7.08. The second-order valence-electron chi connectivity index (χ2n) is 9.27. The smallest absolute Gasteiger partial charge is 0.153 e. The normalized spacial score (nSPS) is 12.9. The number of hydrogen-bond acceptors (Lipinski definition) is 3. The zero-order chi connectivity index (χ0) is 24.6. The van der Waals surface area contributed by atoms with Crippen LogP contribution in [0.2, 0.25) is 5.02 Å². The highest BCUT2D eigenvalue weighted by Gasteiger charge is 2.25. The lowest BCUT2D eigenvalue weighted by Crippen LogP contribution is -2.15. The number of benzene rings is 3. The lowest BCUT2D eigenvalue weighted by Gasteiger charge is -2.15. The summed E-state index contributed by atoms with van der Waals surface area (Å²) in [5.74, 6) is 1.04. The largest absolute Gasteiger partial charge is 0.612 e. The van der Waals surface area contributed by atoms with Gasteiger partial charge >= 0.3 is 0 Å². The van der Waals surface area contributed by atoms with Crippen molar-refractivity contribution in [2.75, 3.05) is 6.26 Å². The van der Waals surface area contributed by atoms with Gasteiger partial charge in [0.1, 0.15) is 17.7 Å². The number of imidazole rings is 1. The van der Waals surface area contributed by atoms with Gasteiger partial charge in [-0.2, -0.15) is 0 Å². The fourth-order valence-electron chi connectivity index (χ4n) is 3.99. The molecular weight excluding hydrogens is 464 g/mol. The molecule has 1 heterocycles. The van der Waals surface area contributed by atoms with E-state index < -0.39 is 16.8 Å². The van der Waals surface area contributed by atoms with Crippen LogP contribution in [-0.4, -0.2) is 25.5 Å². The SMILES string of the molecule is CC(C)c1ccccc1-c1nc(C(C)(C)O)cn1-c1ccc(-c2cccc([S+](C)[O-])c2)cc1Cl. The number of rotatable bonds is 6. The van der Waals surface area contributed by atoms with Crippen molar-refractivity contribution >= 4 is 22.8 Å². The first kappa shape index (κ1) is 24.6. The number of aliphatic hydroxyl groups is 1. The fraction of sp³-hybridized carbons (Fsp3) is 0.250. The molecule has 0 aliphatic rings. The average molecular weight is 493 g/mol. The van der Waals surface area contributed by atoms with Crippen LogP contribution >= 0.6 is 11.6 Å². The maximum atomic E-state index is 11.9. The summed E-state index contributed by atoms with van der Waals surface area (Å²) in [4.78, 5) is 5.62. The highest BCUT2D eigenvalue weighted by Crippen LogP contribution is 2.36. The second kappa shape index (κ2) is 9.59. The van der Waals surface area contributed by atoms with Gasteiger partial charge in [-0.05, 0) is 65.8 Å². The van der Waals surface area contributed by atoms with Gasteiger partial charge in [-0.3, -0.25) is 4.57 Å². The molecular formula is C28H29ClN2O2S. The van der Waals surface area contributed by atoms with E-state index in [2.05, 4.69) is 26.0 Å². The number of halogens is 1. The van der Waals surface area contributed by atoms with Gasteiger partial charge in [0.15, 0.2) is 4.90 Å².